The minimum atomic E-state index is -2.87. The van der Waals surface area contributed by atoms with E-state index >= 15 is 0 Å². The van der Waals surface area contributed by atoms with Gasteiger partial charge in [-0.1, -0.05) is 23.7 Å². The molecule has 0 fully saturated rings. The largest absolute Gasteiger partial charge is 0.494 e. The van der Waals surface area contributed by atoms with E-state index in [9.17, 15) is 8.78 Å². The summed E-state index contributed by atoms with van der Waals surface area (Å²) in [7, 11) is 1.44. The van der Waals surface area contributed by atoms with Crippen LogP contribution in [-0.4, -0.2) is 16.9 Å². The fourth-order valence-electron chi connectivity index (χ4n) is 1.63. The lowest BCUT2D eigenvalue weighted by Gasteiger charge is -2.08. The molecule has 0 amide bonds. The van der Waals surface area contributed by atoms with Gasteiger partial charge in [0, 0.05) is 0 Å². The van der Waals surface area contributed by atoms with E-state index in [1.807, 2.05) is 0 Å². The Bertz CT molecular complexity index is 649. The van der Waals surface area contributed by atoms with Crippen molar-refractivity contribution in [3.05, 3.63) is 40.7 Å². The van der Waals surface area contributed by atoms with Gasteiger partial charge in [-0.05, 0) is 12.1 Å². The molecule has 1 heterocycles. The average molecular weight is 284 g/mol. The normalized spacial score (nSPS) is 10.5. The molecule has 7 heteroatoms. The number of methoxy groups -OCH3 is 1. The molecule has 0 aliphatic heterocycles. The van der Waals surface area contributed by atoms with Crippen LogP contribution >= 0.6 is 11.6 Å². The predicted octanol–water partition coefficient (Wildman–Crippen LogP) is 3.34. The second-order valence-electron chi connectivity index (χ2n) is 3.55. The Kier molecular flexibility index (Phi) is 3.67. The minimum Gasteiger partial charge on any atom is -0.494 e. The molecular weight excluding hydrogens is 276 g/mol. The van der Waals surface area contributed by atoms with Gasteiger partial charge in [0.05, 0.1) is 7.11 Å². The molecule has 0 unspecified atom stereocenters. The molecular formula is C12H8ClF2N3O. The van der Waals surface area contributed by atoms with E-state index in [4.69, 9.17) is 21.6 Å². The molecule has 19 heavy (non-hydrogen) atoms. The molecule has 0 aliphatic carbocycles. The highest BCUT2D eigenvalue weighted by atomic mass is 35.5. The number of halogens is 3. The maximum atomic E-state index is 12.8. The minimum absolute atomic E-state index is 0.165. The van der Waals surface area contributed by atoms with Gasteiger partial charge < -0.3 is 4.74 Å². The summed E-state index contributed by atoms with van der Waals surface area (Å²) in [6.45, 7) is 0. The number of nitrogens with zero attached hydrogens (tertiary/aromatic N) is 3. The smallest absolute Gasteiger partial charge is 0.283 e. The molecule has 4 nitrogen and oxygen atoms in total. The van der Waals surface area contributed by atoms with Crippen LogP contribution in [0.3, 0.4) is 0 Å². The number of benzene rings is 1. The van der Waals surface area contributed by atoms with Gasteiger partial charge in [-0.3, -0.25) is 0 Å². The molecule has 0 aliphatic rings. The number of aromatic nitrogens is 2. The second kappa shape index (κ2) is 5.24. The lowest BCUT2D eigenvalue weighted by molar-refractivity contribution is 0.145. The van der Waals surface area contributed by atoms with Crippen molar-refractivity contribution in [2.45, 2.75) is 6.43 Å². The Labute approximate surface area is 112 Å². The highest BCUT2D eigenvalue weighted by molar-refractivity contribution is 6.31. The number of rotatable bonds is 3. The third-order valence-corrected chi connectivity index (χ3v) is 2.84. The van der Waals surface area contributed by atoms with E-state index < -0.39 is 12.1 Å². The van der Waals surface area contributed by atoms with Crippen LogP contribution in [0, 0.1) is 11.3 Å². The summed E-state index contributed by atoms with van der Waals surface area (Å²) in [5.41, 5.74) is -0.584. The number of nitriles is 1. The monoisotopic (exact) mass is 283 g/mol. The van der Waals surface area contributed by atoms with Crippen LogP contribution in [0.5, 0.6) is 5.75 Å². The molecule has 0 bridgehead atoms. The zero-order valence-electron chi connectivity index (χ0n) is 9.77. The maximum Gasteiger partial charge on any atom is 0.283 e. The Balaban J connectivity index is 2.67. The van der Waals surface area contributed by atoms with Crippen molar-refractivity contribution in [2.75, 3.05) is 7.11 Å². The van der Waals surface area contributed by atoms with Gasteiger partial charge in [0.1, 0.15) is 28.8 Å². The van der Waals surface area contributed by atoms with Crippen LogP contribution in [0.25, 0.3) is 5.69 Å². The number of ether oxygens (including phenoxy) is 1. The molecule has 2 rings (SSSR count). The van der Waals surface area contributed by atoms with Gasteiger partial charge in [0.25, 0.3) is 6.43 Å². The Morgan fingerprint density at radius 2 is 2.11 bits per heavy atom. The summed E-state index contributed by atoms with van der Waals surface area (Å²) in [6.07, 6.45) is -2.87. The summed E-state index contributed by atoms with van der Waals surface area (Å²) in [4.78, 5) is 0. The Morgan fingerprint density at radius 1 is 1.42 bits per heavy atom. The van der Waals surface area contributed by atoms with Crippen molar-refractivity contribution in [1.29, 1.82) is 5.26 Å². The summed E-state index contributed by atoms with van der Waals surface area (Å²) in [5.74, 6) is 0.414. The van der Waals surface area contributed by atoms with Gasteiger partial charge >= 0.3 is 0 Å². The lowest BCUT2D eigenvalue weighted by atomic mass is 10.2. The first-order valence-corrected chi connectivity index (χ1v) is 5.58. The van der Waals surface area contributed by atoms with Crippen molar-refractivity contribution in [3.8, 4) is 17.5 Å². The molecule has 0 saturated carbocycles. The Morgan fingerprint density at radius 3 is 2.63 bits per heavy atom. The van der Waals surface area contributed by atoms with Crippen LogP contribution in [-0.2, 0) is 0 Å². The second-order valence-corrected chi connectivity index (χ2v) is 3.91. The first-order valence-electron chi connectivity index (χ1n) is 5.20. The third-order valence-electron chi connectivity index (χ3n) is 2.49. The van der Waals surface area contributed by atoms with Gasteiger partial charge in [-0.2, -0.15) is 10.4 Å². The van der Waals surface area contributed by atoms with Gasteiger partial charge in [0.2, 0.25) is 0 Å². The van der Waals surface area contributed by atoms with E-state index in [2.05, 4.69) is 5.10 Å². The summed E-state index contributed by atoms with van der Waals surface area (Å²) in [6, 6.07) is 8.29. The van der Waals surface area contributed by atoms with Crippen LogP contribution in [0.15, 0.2) is 24.3 Å². The molecule has 0 N–H and O–H groups in total. The van der Waals surface area contributed by atoms with Crippen molar-refractivity contribution < 1.29 is 13.5 Å². The van der Waals surface area contributed by atoms with Crippen LogP contribution in [0.2, 0.25) is 5.15 Å². The molecule has 98 valence electrons. The maximum absolute atomic E-state index is 12.8. The number of hydrogen-bond acceptors (Lipinski definition) is 3. The number of hydrogen-bond donors (Lipinski definition) is 0. The average Bonchev–Trinajstić information content (AvgIpc) is 2.75. The standard InChI is InChI=1S/C12H8ClF2N3O/c1-19-9-5-3-2-4-8(9)18-11(13)7(6-16)10(17-18)12(14)15/h2-5,12H,1H3. The van der Waals surface area contributed by atoms with Gasteiger partial charge in [0.15, 0.2) is 5.15 Å². The van der Waals surface area contributed by atoms with E-state index in [0.717, 1.165) is 4.68 Å². The lowest BCUT2D eigenvalue weighted by Crippen LogP contribution is -2.00. The van der Waals surface area contributed by atoms with Crippen molar-refractivity contribution >= 4 is 11.6 Å². The zero-order valence-corrected chi connectivity index (χ0v) is 10.5. The quantitative estimate of drug-likeness (QED) is 0.868. The molecule has 0 atom stereocenters. The molecule has 2 aromatic rings. The highest BCUT2D eigenvalue weighted by Gasteiger charge is 2.24. The molecule has 1 aromatic heterocycles. The van der Waals surface area contributed by atoms with Crippen molar-refractivity contribution in [3.63, 3.8) is 0 Å². The van der Waals surface area contributed by atoms with Crippen LogP contribution in [0.4, 0.5) is 8.78 Å². The summed E-state index contributed by atoms with van der Waals surface area (Å²) < 4.78 is 31.8. The third kappa shape index (κ3) is 2.25. The van der Waals surface area contributed by atoms with E-state index in [-0.39, 0.29) is 10.7 Å². The molecule has 0 spiro atoms. The summed E-state index contributed by atoms with van der Waals surface area (Å²) >= 11 is 5.93. The zero-order chi connectivity index (χ0) is 14.0. The fraction of sp³-hybridized carbons (Fsp3) is 0.167. The first-order chi connectivity index (χ1) is 9.10. The number of alkyl halides is 2. The molecule has 1 aromatic carbocycles. The predicted molar refractivity (Wildman–Crippen MR) is 64.8 cm³/mol. The van der Waals surface area contributed by atoms with Crippen LogP contribution in [0.1, 0.15) is 17.7 Å². The van der Waals surface area contributed by atoms with E-state index in [0.29, 0.717) is 11.4 Å². The highest BCUT2D eigenvalue weighted by Crippen LogP contribution is 2.32. The Hall–Kier alpha value is -2.13. The summed E-state index contributed by atoms with van der Waals surface area (Å²) in [5, 5.41) is 12.4. The van der Waals surface area contributed by atoms with Gasteiger partial charge in [-0.15, -0.1) is 0 Å². The van der Waals surface area contributed by atoms with Crippen molar-refractivity contribution in [2.24, 2.45) is 0 Å². The van der Waals surface area contributed by atoms with Crippen molar-refractivity contribution in [1.82, 2.24) is 9.78 Å². The number of para-hydroxylation sites is 2. The van der Waals surface area contributed by atoms with Crippen LogP contribution < -0.4 is 4.74 Å². The fourth-order valence-corrected chi connectivity index (χ4v) is 1.90. The SMILES string of the molecule is COc1ccccc1-n1nc(C(F)F)c(C#N)c1Cl. The molecule has 0 saturated heterocycles. The van der Waals surface area contributed by atoms with Gasteiger partial charge in [-0.25, -0.2) is 13.5 Å². The molecule has 0 radical (unpaired) electrons. The first kappa shape index (κ1) is 13.3. The topological polar surface area (TPSA) is 50.8 Å². The van der Waals surface area contributed by atoms with E-state index in [1.165, 1.54) is 7.11 Å². The van der Waals surface area contributed by atoms with E-state index in [1.54, 1.807) is 30.3 Å².